The number of anilines is 1. The summed E-state index contributed by atoms with van der Waals surface area (Å²) >= 11 is 0. The summed E-state index contributed by atoms with van der Waals surface area (Å²) in [5.74, 6) is 0.564. The summed E-state index contributed by atoms with van der Waals surface area (Å²) in [4.78, 5) is 2.05. The van der Waals surface area contributed by atoms with E-state index >= 15 is 0 Å². The number of fused-ring (bicyclic) bond motifs is 1. The summed E-state index contributed by atoms with van der Waals surface area (Å²) in [6.45, 7) is 1.02. The molecule has 21 heavy (non-hydrogen) atoms. The highest BCUT2D eigenvalue weighted by molar-refractivity contribution is 5.82. The van der Waals surface area contributed by atoms with Crippen LogP contribution in [0.25, 0.3) is 11.0 Å². The Hall–Kier alpha value is -2.33. The van der Waals surface area contributed by atoms with Crippen LogP contribution < -0.4 is 10.6 Å². The molecular formula is C17H17FN2O. The smallest absolute Gasteiger partial charge is 0.134 e. The average molecular weight is 284 g/mol. The molecule has 0 aliphatic carbocycles. The van der Waals surface area contributed by atoms with E-state index in [4.69, 9.17) is 10.2 Å². The molecule has 3 rings (SSSR count). The van der Waals surface area contributed by atoms with E-state index in [0.717, 1.165) is 28.0 Å². The van der Waals surface area contributed by atoms with Crippen molar-refractivity contribution in [2.24, 2.45) is 5.73 Å². The van der Waals surface area contributed by atoms with Crippen LogP contribution in [0.5, 0.6) is 0 Å². The average Bonchev–Trinajstić information content (AvgIpc) is 2.86. The van der Waals surface area contributed by atoms with Gasteiger partial charge in [-0.25, -0.2) is 4.39 Å². The van der Waals surface area contributed by atoms with E-state index in [0.29, 0.717) is 13.1 Å². The molecular weight excluding hydrogens is 267 g/mol. The molecule has 0 unspecified atom stereocenters. The molecule has 2 aromatic carbocycles. The number of nitrogens with zero attached hydrogens (tertiary/aromatic N) is 1. The molecule has 1 aromatic heterocycles. The Morgan fingerprint density at radius 2 is 1.81 bits per heavy atom. The van der Waals surface area contributed by atoms with Crippen molar-refractivity contribution in [3.05, 3.63) is 65.7 Å². The van der Waals surface area contributed by atoms with E-state index < -0.39 is 0 Å². The lowest BCUT2D eigenvalue weighted by Crippen LogP contribution is -2.17. The van der Waals surface area contributed by atoms with Crippen molar-refractivity contribution in [1.82, 2.24) is 0 Å². The topological polar surface area (TPSA) is 42.4 Å². The Kier molecular flexibility index (Phi) is 3.62. The van der Waals surface area contributed by atoms with Crippen LogP contribution in [0, 0.1) is 5.82 Å². The number of halogens is 1. The summed E-state index contributed by atoms with van der Waals surface area (Å²) < 4.78 is 18.8. The summed E-state index contributed by atoms with van der Waals surface area (Å²) in [6, 6.07) is 14.4. The maximum atomic E-state index is 13.0. The van der Waals surface area contributed by atoms with Crippen LogP contribution in [0.3, 0.4) is 0 Å². The fourth-order valence-electron chi connectivity index (χ4n) is 2.51. The van der Waals surface area contributed by atoms with Crippen LogP contribution in [0.15, 0.2) is 52.9 Å². The third-order valence-electron chi connectivity index (χ3n) is 3.63. The normalized spacial score (nSPS) is 11.0. The minimum atomic E-state index is -0.233. The van der Waals surface area contributed by atoms with E-state index in [1.165, 1.54) is 12.1 Å². The number of hydrogen-bond donors (Lipinski definition) is 1. The van der Waals surface area contributed by atoms with Crippen molar-refractivity contribution >= 4 is 16.7 Å². The molecule has 0 saturated carbocycles. The molecule has 0 fully saturated rings. The second-order valence-electron chi connectivity index (χ2n) is 5.04. The zero-order chi connectivity index (χ0) is 14.8. The van der Waals surface area contributed by atoms with Gasteiger partial charge in [-0.2, -0.15) is 0 Å². The summed E-state index contributed by atoms with van der Waals surface area (Å²) in [6.07, 6.45) is 0. The SMILES string of the molecule is CN(Cc1c(CN)oc2ccccc12)c1ccc(F)cc1. The first-order valence-corrected chi connectivity index (χ1v) is 6.85. The van der Waals surface area contributed by atoms with Crippen LogP contribution in [0.2, 0.25) is 0 Å². The van der Waals surface area contributed by atoms with Gasteiger partial charge in [0, 0.05) is 30.2 Å². The van der Waals surface area contributed by atoms with Gasteiger partial charge < -0.3 is 15.1 Å². The fourth-order valence-corrected chi connectivity index (χ4v) is 2.51. The molecule has 108 valence electrons. The molecule has 0 atom stereocenters. The molecule has 0 saturated heterocycles. The largest absolute Gasteiger partial charge is 0.459 e. The Balaban J connectivity index is 1.95. The Labute approximate surface area is 122 Å². The predicted octanol–water partition coefficient (Wildman–Crippen LogP) is 3.67. The van der Waals surface area contributed by atoms with Crippen molar-refractivity contribution in [3.63, 3.8) is 0 Å². The van der Waals surface area contributed by atoms with E-state index in [2.05, 4.69) is 4.90 Å². The molecule has 0 radical (unpaired) electrons. The molecule has 0 aliphatic heterocycles. The van der Waals surface area contributed by atoms with Crippen LogP contribution in [-0.4, -0.2) is 7.05 Å². The van der Waals surface area contributed by atoms with E-state index in [-0.39, 0.29) is 5.82 Å². The van der Waals surface area contributed by atoms with Gasteiger partial charge in [-0.15, -0.1) is 0 Å². The monoisotopic (exact) mass is 284 g/mol. The Bertz CT molecular complexity index is 749. The summed E-state index contributed by atoms with van der Waals surface area (Å²) in [7, 11) is 1.97. The first kappa shape index (κ1) is 13.6. The van der Waals surface area contributed by atoms with Crippen LogP contribution in [0.4, 0.5) is 10.1 Å². The number of rotatable bonds is 4. The molecule has 3 nitrogen and oxygen atoms in total. The zero-order valence-corrected chi connectivity index (χ0v) is 11.8. The maximum absolute atomic E-state index is 13.0. The van der Waals surface area contributed by atoms with Gasteiger partial charge in [-0.3, -0.25) is 0 Å². The molecule has 2 N–H and O–H groups in total. The van der Waals surface area contributed by atoms with E-state index in [9.17, 15) is 4.39 Å². The Morgan fingerprint density at radius 1 is 1.10 bits per heavy atom. The van der Waals surface area contributed by atoms with Gasteiger partial charge in [0.2, 0.25) is 0 Å². The van der Waals surface area contributed by atoms with E-state index in [1.807, 2.05) is 31.3 Å². The number of benzene rings is 2. The molecule has 3 aromatic rings. The number of para-hydroxylation sites is 1. The molecule has 4 heteroatoms. The van der Waals surface area contributed by atoms with Crippen molar-refractivity contribution in [3.8, 4) is 0 Å². The predicted molar refractivity (Wildman–Crippen MR) is 82.6 cm³/mol. The zero-order valence-electron chi connectivity index (χ0n) is 11.8. The molecule has 0 bridgehead atoms. The summed E-state index contributed by atoms with van der Waals surface area (Å²) in [5.41, 5.74) is 8.67. The third-order valence-corrected chi connectivity index (χ3v) is 3.63. The Morgan fingerprint density at radius 3 is 2.52 bits per heavy atom. The highest BCUT2D eigenvalue weighted by Crippen LogP contribution is 2.28. The molecule has 0 amide bonds. The van der Waals surface area contributed by atoms with Crippen LogP contribution in [-0.2, 0) is 13.1 Å². The van der Waals surface area contributed by atoms with Crippen molar-refractivity contribution < 1.29 is 8.81 Å². The van der Waals surface area contributed by atoms with Gasteiger partial charge in [0.25, 0.3) is 0 Å². The number of hydrogen-bond acceptors (Lipinski definition) is 3. The lowest BCUT2D eigenvalue weighted by molar-refractivity contribution is 0.545. The van der Waals surface area contributed by atoms with Gasteiger partial charge in [-0.05, 0) is 30.3 Å². The van der Waals surface area contributed by atoms with Crippen molar-refractivity contribution in [1.29, 1.82) is 0 Å². The second kappa shape index (κ2) is 5.58. The standard InChI is InChI=1S/C17H17FN2O/c1-20(13-8-6-12(18)7-9-13)11-15-14-4-2-3-5-16(14)21-17(15)10-19/h2-9H,10-11,19H2,1H3. The number of furan rings is 1. The minimum Gasteiger partial charge on any atom is -0.459 e. The summed E-state index contributed by atoms with van der Waals surface area (Å²) in [5, 5.41) is 1.08. The van der Waals surface area contributed by atoms with Gasteiger partial charge in [0.1, 0.15) is 17.2 Å². The minimum absolute atomic E-state index is 0.233. The highest BCUT2D eigenvalue weighted by Gasteiger charge is 2.14. The second-order valence-corrected chi connectivity index (χ2v) is 5.04. The maximum Gasteiger partial charge on any atom is 0.134 e. The van der Waals surface area contributed by atoms with Gasteiger partial charge in [0.05, 0.1) is 6.54 Å². The third kappa shape index (κ3) is 2.62. The van der Waals surface area contributed by atoms with Crippen LogP contribution in [0.1, 0.15) is 11.3 Å². The molecule has 0 aliphatic rings. The quantitative estimate of drug-likeness (QED) is 0.795. The van der Waals surface area contributed by atoms with E-state index in [1.54, 1.807) is 12.1 Å². The molecule has 0 spiro atoms. The van der Waals surface area contributed by atoms with Crippen LogP contribution >= 0.6 is 0 Å². The first-order valence-electron chi connectivity index (χ1n) is 6.85. The fraction of sp³-hybridized carbons (Fsp3) is 0.176. The van der Waals surface area contributed by atoms with Crippen molar-refractivity contribution in [2.45, 2.75) is 13.1 Å². The lowest BCUT2D eigenvalue weighted by Gasteiger charge is -2.19. The molecule has 1 heterocycles. The van der Waals surface area contributed by atoms with Gasteiger partial charge in [0.15, 0.2) is 0 Å². The van der Waals surface area contributed by atoms with Gasteiger partial charge >= 0.3 is 0 Å². The van der Waals surface area contributed by atoms with Crippen molar-refractivity contribution in [2.75, 3.05) is 11.9 Å². The number of nitrogens with two attached hydrogens (primary N) is 1. The highest BCUT2D eigenvalue weighted by atomic mass is 19.1. The van der Waals surface area contributed by atoms with Gasteiger partial charge in [-0.1, -0.05) is 18.2 Å². The lowest BCUT2D eigenvalue weighted by atomic mass is 10.1. The first-order chi connectivity index (χ1) is 10.2.